The molecule has 2 N–H and O–H groups in total. The van der Waals surface area contributed by atoms with Crippen LogP contribution in [0.3, 0.4) is 0 Å². The lowest BCUT2D eigenvalue weighted by atomic mass is 10.0. The van der Waals surface area contributed by atoms with Gasteiger partial charge in [0.05, 0.1) is 11.4 Å². The van der Waals surface area contributed by atoms with Gasteiger partial charge in [0.2, 0.25) is 6.17 Å². The van der Waals surface area contributed by atoms with E-state index in [1.807, 2.05) is 60.7 Å². The largest absolute Gasteiger partial charge is 0.333 e. The van der Waals surface area contributed by atoms with Gasteiger partial charge in [-0.05, 0) is 42.5 Å². The van der Waals surface area contributed by atoms with E-state index in [1.165, 1.54) is 0 Å². The van der Waals surface area contributed by atoms with Crippen LogP contribution < -0.4 is 15.5 Å². The van der Waals surface area contributed by atoms with Gasteiger partial charge in [-0.1, -0.05) is 48.0 Å². The summed E-state index contributed by atoms with van der Waals surface area (Å²) in [5.74, 6) is 0.231. The number of aromatic nitrogens is 2. The van der Waals surface area contributed by atoms with E-state index in [0.717, 1.165) is 16.5 Å². The van der Waals surface area contributed by atoms with E-state index in [1.54, 1.807) is 30.4 Å². The molecule has 2 aromatic heterocycles. The fourth-order valence-electron chi connectivity index (χ4n) is 3.83. The van der Waals surface area contributed by atoms with Gasteiger partial charge in [-0.15, -0.1) is 0 Å². The Labute approximate surface area is 206 Å². The number of anilines is 2. The van der Waals surface area contributed by atoms with E-state index in [-0.39, 0.29) is 11.0 Å². The highest BCUT2D eigenvalue weighted by Gasteiger charge is 2.30. The van der Waals surface area contributed by atoms with Crippen LogP contribution in [0.25, 0.3) is 10.9 Å². The minimum Gasteiger partial charge on any atom is -0.333 e. The van der Waals surface area contributed by atoms with Crippen molar-refractivity contribution in [1.29, 1.82) is 0 Å². The van der Waals surface area contributed by atoms with Crippen LogP contribution in [0.1, 0.15) is 11.1 Å². The van der Waals surface area contributed by atoms with Crippen molar-refractivity contribution in [2.75, 3.05) is 17.3 Å². The Morgan fingerprint density at radius 3 is 2.68 bits per heavy atom. The molecular formula is C25H19ClN6OS. The van der Waals surface area contributed by atoms with Crippen molar-refractivity contribution in [3.8, 4) is 0 Å². The summed E-state index contributed by atoms with van der Waals surface area (Å²) in [7, 11) is 1.71. The summed E-state index contributed by atoms with van der Waals surface area (Å²) >= 11 is 11.8. The Balaban J connectivity index is 1.51. The van der Waals surface area contributed by atoms with Crippen LogP contribution in [0.2, 0.25) is 5.02 Å². The highest BCUT2D eigenvalue weighted by Crippen LogP contribution is 2.30. The number of fused-ring (bicyclic) bond motifs is 2. The van der Waals surface area contributed by atoms with Crippen molar-refractivity contribution >= 4 is 63.0 Å². The third kappa shape index (κ3) is 4.21. The molecule has 9 heteroatoms. The Hall–Kier alpha value is -3.88. The van der Waals surface area contributed by atoms with Crippen molar-refractivity contribution in [3.63, 3.8) is 0 Å². The smallest absolute Gasteiger partial charge is 0.272 e. The molecule has 4 aromatic rings. The highest BCUT2D eigenvalue weighted by atomic mass is 35.5. The fraction of sp³-hybridized carbons (Fsp3) is 0.0800. The van der Waals surface area contributed by atoms with Crippen LogP contribution in [0.15, 0.2) is 84.1 Å². The zero-order valence-electron chi connectivity index (χ0n) is 18.1. The molecule has 0 radical (unpaired) electrons. The van der Waals surface area contributed by atoms with Crippen molar-refractivity contribution in [3.05, 3.63) is 95.3 Å². The second-order valence-electron chi connectivity index (χ2n) is 7.64. The number of aliphatic imine (C=N–C) groups is 1. The number of halogens is 1. The molecule has 0 spiro atoms. The van der Waals surface area contributed by atoms with Gasteiger partial charge in [-0.25, -0.2) is 9.98 Å². The van der Waals surface area contributed by atoms with Crippen molar-refractivity contribution < 1.29 is 4.79 Å². The molecule has 0 saturated heterocycles. The van der Waals surface area contributed by atoms with E-state index in [4.69, 9.17) is 28.8 Å². The number of hydrogen-bond donors (Lipinski definition) is 2. The number of nitrogens with zero attached hydrogens (tertiary/aromatic N) is 4. The monoisotopic (exact) mass is 486 g/mol. The first kappa shape index (κ1) is 21.9. The van der Waals surface area contributed by atoms with Gasteiger partial charge in [0.1, 0.15) is 5.52 Å². The lowest BCUT2D eigenvalue weighted by Gasteiger charge is -2.22. The second kappa shape index (κ2) is 9.17. The van der Waals surface area contributed by atoms with Crippen LogP contribution >= 0.6 is 23.8 Å². The summed E-state index contributed by atoms with van der Waals surface area (Å²) in [6, 6.07) is 20.7. The standard InChI is InChI=1S/C25H19ClN6OS/c1-32-19-10-9-17(26)14-18(19)20(15-6-3-2-4-7-15)29-23(24(32)33)31-25(34)30-22-21-16(11-13-28-22)8-5-12-27-21/h2-14,23H,1H3,(H2,28,30,31,34). The van der Waals surface area contributed by atoms with Crippen LogP contribution in [0, 0.1) is 0 Å². The molecule has 0 aliphatic carbocycles. The van der Waals surface area contributed by atoms with Crippen molar-refractivity contribution in [2.45, 2.75) is 6.17 Å². The number of rotatable bonds is 3. The molecular weight excluding hydrogens is 468 g/mol. The van der Waals surface area contributed by atoms with E-state index < -0.39 is 6.17 Å². The molecule has 1 aliphatic rings. The predicted octanol–water partition coefficient (Wildman–Crippen LogP) is 4.41. The predicted molar refractivity (Wildman–Crippen MR) is 140 cm³/mol. The van der Waals surface area contributed by atoms with Crippen molar-refractivity contribution in [1.82, 2.24) is 15.3 Å². The first-order valence-electron chi connectivity index (χ1n) is 10.5. The van der Waals surface area contributed by atoms with Crippen LogP contribution in [-0.2, 0) is 4.79 Å². The fourth-order valence-corrected chi connectivity index (χ4v) is 4.21. The van der Waals surface area contributed by atoms with Gasteiger partial charge in [-0.3, -0.25) is 9.78 Å². The molecule has 1 aliphatic heterocycles. The average Bonchev–Trinajstić information content (AvgIpc) is 2.95. The number of thiocarbonyl (C=S) groups is 1. The third-order valence-corrected chi connectivity index (χ3v) is 5.92. The number of benzene rings is 2. The van der Waals surface area contributed by atoms with Crippen LogP contribution in [0.4, 0.5) is 11.5 Å². The third-order valence-electron chi connectivity index (χ3n) is 5.47. The quantitative estimate of drug-likeness (QED) is 0.417. The number of hydrogen-bond acceptors (Lipinski definition) is 5. The summed E-state index contributed by atoms with van der Waals surface area (Å²) in [5.41, 5.74) is 3.65. The van der Waals surface area contributed by atoms with Gasteiger partial charge in [-0.2, -0.15) is 0 Å². The number of benzodiazepines with no additional fused rings is 1. The van der Waals surface area contributed by atoms with E-state index in [9.17, 15) is 4.79 Å². The van der Waals surface area contributed by atoms with Gasteiger partial charge < -0.3 is 15.5 Å². The number of amides is 1. The number of carbonyl (C=O) groups is 1. The second-order valence-corrected chi connectivity index (χ2v) is 8.48. The number of carbonyl (C=O) groups excluding carboxylic acids is 1. The summed E-state index contributed by atoms with van der Waals surface area (Å²) in [6.07, 6.45) is 2.40. The lowest BCUT2D eigenvalue weighted by Crippen LogP contribution is -2.47. The van der Waals surface area contributed by atoms with Gasteiger partial charge in [0, 0.05) is 41.0 Å². The SMILES string of the molecule is CN1C(=O)C(NC(=S)Nc2nccc3cccnc23)N=C(c2ccccc2)c2cc(Cl)ccc21. The molecule has 1 amide bonds. The Bertz CT molecular complexity index is 1440. The highest BCUT2D eigenvalue weighted by molar-refractivity contribution is 7.80. The maximum Gasteiger partial charge on any atom is 0.272 e. The average molecular weight is 487 g/mol. The normalized spacial score (nSPS) is 15.4. The van der Waals surface area contributed by atoms with E-state index >= 15 is 0 Å². The first-order valence-corrected chi connectivity index (χ1v) is 11.3. The summed E-state index contributed by atoms with van der Waals surface area (Å²) in [4.78, 5) is 28.5. The molecule has 1 unspecified atom stereocenters. The maximum absolute atomic E-state index is 13.4. The molecule has 5 rings (SSSR count). The van der Waals surface area contributed by atoms with Gasteiger partial charge in [0.25, 0.3) is 5.91 Å². The molecule has 34 heavy (non-hydrogen) atoms. The topological polar surface area (TPSA) is 82.5 Å². The molecule has 1 atom stereocenters. The summed E-state index contributed by atoms with van der Waals surface area (Å²) in [5, 5.41) is 7.78. The van der Waals surface area contributed by atoms with E-state index in [2.05, 4.69) is 20.6 Å². The number of nitrogens with one attached hydrogen (secondary N) is 2. The van der Waals surface area contributed by atoms with Gasteiger partial charge >= 0.3 is 0 Å². The Morgan fingerprint density at radius 1 is 1.03 bits per heavy atom. The van der Waals surface area contributed by atoms with Crippen LogP contribution in [-0.4, -0.2) is 39.9 Å². The molecule has 2 aromatic carbocycles. The minimum absolute atomic E-state index is 0.206. The zero-order valence-corrected chi connectivity index (χ0v) is 19.6. The Morgan fingerprint density at radius 2 is 1.85 bits per heavy atom. The minimum atomic E-state index is -0.964. The lowest BCUT2D eigenvalue weighted by molar-refractivity contribution is -0.119. The molecule has 0 fully saturated rings. The molecule has 7 nitrogen and oxygen atoms in total. The van der Waals surface area contributed by atoms with E-state index in [0.29, 0.717) is 27.8 Å². The van der Waals surface area contributed by atoms with Crippen LogP contribution in [0.5, 0.6) is 0 Å². The molecule has 0 bridgehead atoms. The first-order chi connectivity index (χ1) is 16.5. The molecule has 168 valence electrons. The number of likely N-dealkylation sites (N-methyl/N-ethyl adjacent to an activating group) is 1. The summed E-state index contributed by atoms with van der Waals surface area (Å²) in [6.45, 7) is 0. The molecule has 3 heterocycles. The summed E-state index contributed by atoms with van der Waals surface area (Å²) < 4.78 is 0. The Kier molecular flexibility index (Phi) is 5.91. The van der Waals surface area contributed by atoms with Crippen molar-refractivity contribution in [2.24, 2.45) is 4.99 Å². The zero-order chi connectivity index (χ0) is 23.7. The molecule has 0 saturated carbocycles. The van der Waals surface area contributed by atoms with Gasteiger partial charge in [0.15, 0.2) is 10.9 Å². The number of pyridine rings is 2. The maximum atomic E-state index is 13.4.